The number of benzene rings is 2. The second kappa shape index (κ2) is 7.68. The van der Waals surface area contributed by atoms with E-state index in [9.17, 15) is 23.6 Å². The molecule has 1 N–H and O–H groups in total. The number of urea groups is 1. The lowest BCUT2D eigenvalue weighted by Crippen LogP contribution is -2.55. The number of likely N-dealkylation sites (tertiary alicyclic amines) is 1. The van der Waals surface area contributed by atoms with Crippen LogP contribution in [0.3, 0.4) is 0 Å². The molecular weight excluding hydrogens is 474 g/mol. The molecule has 35 heavy (non-hydrogen) atoms. The van der Waals surface area contributed by atoms with Crippen molar-refractivity contribution in [2.45, 2.75) is 24.5 Å². The van der Waals surface area contributed by atoms with Gasteiger partial charge in [0.15, 0.2) is 5.11 Å². The topological polar surface area (TPSA) is 92.6 Å². The lowest BCUT2D eigenvalue weighted by Gasteiger charge is -2.36. The maximum atomic E-state index is 14.1. The number of rotatable bonds is 2. The summed E-state index contributed by atoms with van der Waals surface area (Å²) >= 11 is 5.43. The van der Waals surface area contributed by atoms with Gasteiger partial charge in [0.1, 0.15) is 35.1 Å². The van der Waals surface area contributed by atoms with Crippen molar-refractivity contribution in [3.05, 3.63) is 66.0 Å². The molecule has 3 aromatic rings. The standard InChI is InChI=1S/C24H16F2N6O2S/c25-15-6-3-7-16(26)20(15)29-23(35)30-11-12-8-18(30)21-22(33)32(24(34)31(12)21)19-10-28-17(9-27)13-4-1-2-5-14(13)19/h1-7,10,12,18,21H,8,11H2,(H,29,35). The Morgan fingerprint density at radius 2 is 1.83 bits per heavy atom. The minimum absolute atomic E-state index is 0.0883. The number of thiocarbonyl (C=S) groups is 1. The van der Waals surface area contributed by atoms with E-state index in [0.717, 1.165) is 17.0 Å². The summed E-state index contributed by atoms with van der Waals surface area (Å²) < 4.78 is 28.2. The largest absolute Gasteiger partial charge is 0.341 e. The van der Waals surface area contributed by atoms with Crippen molar-refractivity contribution >= 4 is 51.4 Å². The van der Waals surface area contributed by atoms with E-state index in [2.05, 4.69) is 10.3 Å². The van der Waals surface area contributed by atoms with Crippen LogP contribution in [0.2, 0.25) is 0 Å². The molecule has 3 atom stereocenters. The molecule has 1 aromatic heterocycles. The summed E-state index contributed by atoms with van der Waals surface area (Å²) in [6, 6.07) is 10.5. The van der Waals surface area contributed by atoms with Gasteiger partial charge in [0.2, 0.25) is 0 Å². The van der Waals surface area contributed by atoms with Crippen LogP contribution in [0.1, 0.15) is 12.1 Å². The van der Waals surface area contributed by atoms with Gasteiger partial charge < -0.3 is 15.1 Å². The zero-order chi connectivity index (χ0) is 24.4. The summed E-state index contributed by atoms with van der Waals surface area (Å²) in [4.78, 5) is 35.5. The van der Waals surface area contributed by atoms with Crippen molar-refractivity contribution in [3.63, 3.8) is 0 Å². The Morgan fingerprint density at radius 1 is 1.11 bits per heavy atom. The number of para-hydroxylation sites is 1. The highest BCUT2D eigenvalue weighted by atomic mass is 32.1. The van der Waals surface area contributed by atoms with Gasteiger partial charge in [-0.1, -0.05) is 30.3 Å². The van der Waals surface area contributed by atoms with Crippen LogP contribution in [0.5, 0.6) is 0 Å². The van der Waals surface area contributed by atoms with Crippen molar-refractivity contribution in [1.29, 1.82) is 5.26 Å². The van der Waals surface area contributed by atoms with Crippen LogP contribution in [0.15, 0.2) is 48.7 Å². The molecule has 0 radical (unpaired) electrons. The Balaban J connectivity index is 1.32. The Morgan fingerprint density at radius 3 is 2.54 bits per heavy atom. The average Bonchev–Trinajstić information content (AvgIpc) is 3.52. The lowest BCUT2D eigenvalue weighted by atomic mass is 10.1. The summed E-state index contributed by atoms with van der Waals surface area (Å²) in [5, 5.41) is 13.2. The number of anilines is 2. The molecule has 2 aromatic carbocycles. The third kappa shape index (κ3) is 2.99. The third-order valence-electron chi connectivity index (χ3n) is 6.84. The smallest absolute Gasteiger partial charge is 0.332 e. The van der Waals surface area contributed by atoms with Crippen LogP contribution in [-0.2, 0) is 4.79 Å². The minimum Gasteiger partial charge on any atom is -0.341 e. The van der Waals surface area contributed by atoms with Crippen LogP contribution in [0, 0.1) is 23.0 Å². The number of imide groups is 1. The van der Waals surface area contributed by atoms with Crippen LogP contribution < -0.4 is 10.2 Å². The Labute approximate surface area is 203 Å². The molecule has 0 spiro atoms. The van der Waals surface area contributed by atoms with Gasteiger partial charge in [0, 0.05) is 17.3 Å². The second-order valence-corrected chi connectivity index (χ2v) is 8.98. The molecule has 3 fully saturated rings. The second-order valence-electron chi connectivity index (χ2n) is 8.59. The Hall–Kier alpha value is -4.17. The highest BCUT2D eigenvalue weighted by Crippen LogP contribution is 2.43. The van der Waals surface area contributed by atoms with E-state index in [1.165, 1.54) is 12.3 Å². The number of piperazine rings is 1. The number of hydrogen-bond acceptors (Lipinski definition) is 5. The average molecular weight is 490 g/mol. The molecule has 3 unspecified atom stereocenters. The van der Waals surface area contributed by atoms with Crippen LogP contribution in [-0.4, -0.2) is 56.5 Å². The number of carbonyl (C=O) groups is 2. The predicted molar refractivity (Wildman–Crippen MR) is 126 cm³/mol. The molecule has 3 aliphatic heterocycles. The van der Waals surface area contributed by atoms with Gasteiger partial charge in [-0.3, -0.25) is 4.79 Å². The number of pyridine rings is 1. The molecular formula is C24H16F2N6O2S. The van der Waals surface area contributed by atoms with Crippen LogP contribution in [0.25, 0.3) is 10.8 Å². The van der Waals surface area contributed by atoms with Gasteiger partial charge in [0.05, 0.1) is 24.0 Å². The van der Waals surface area contributed by atoms with E-state index in [1.807, 2.05) is 6.07 Å². The summed E-state index contributed by atoms with van der Waals surface area (Å²) in [6.07, 6.45) is 1.88. The normalized spacial score (nSPS) is 22.7. The number of nitrogens with one attached hydrogen (secondary N) is 1. The maximum absolute atomic E-state index is 14.1. The first kappa shape index (κ1) is 21.4. The molecule has 3 saturated heterocycles. The van der Waals surface area contributed by atoms with Crippen molar-refractivity contribution in [2.75, 3.05) is 16.8 Å². The number of nitriles is 1. The van der Waals surface area contributed by atoms with E-state index >= 15 is 0 Å². The summed E-state index contributed by atoms with van der Waals surface area (Å²) in [5.74, 6) is -1.99. The summed E-state index contributed by atoms with van der Waals surface area (Å²) in [7, 11) is 0. The molecule has 8 nitrogen and oxygen atoms in total. The monoisotopic (exact) mass is 490 g/mol. The van der Waals surface area contributed by atoms with E-state index in [-0.39, 0.29) is 22.5 Å². The molecule has 3 aliphatic rings. The van der Waals surface area contributed by atoms with Crippen molar-refractivity contribution in [3.8, 4) is 6.07 Å². The van der Waals surface area contributed by atoms with Gasteiger partial charge in [-0.15, -0.1) is 0 Å². The van der Waals surface area contributed by atoms with Gasteiger partial charge in [-0.2, -0.15) is 5.26 Å². The Bertz CT molecular complexity index is 1470. The lowest BCUT2D eigenvalue weighted by molar-refractivity contribution is -0.120. The molecule has 0 aliphatic carbocycles. The fraction of sp³-hybridized carbons (Fsp3) is 0.208. The molecule has 174 valence electrons. The van der Waals surface area contributed by atoms with Gasteiger partial charge in [-0.25, -0.2) is 23.5 Å². The summed E-state index contributed by atoms with van der Waals surface area (Å²) in [5.41, 5.74) is 0.152. The number of nitrogens with zero attached hydrogens (tertiary/aromatic N) is 5. The van der Waals surface area contributed by atoms with Gasteiger partial charge >= 0.3 is 6.03 Å². The molecule has 0 saturated carbocycles. The van der Waals surface area contributed by atoms with Crippen LogP contribution >= 0.6 is 12.2 Å². The van der Waals surface area contributed by atoms with E-state index in [0.29, 0.717) is 29.4 Å². The number of amides is 3. The molecule has 3 amide bonds. The zero-order valence-corrected chi connectivity index (χ0v) is 18.8. The number of fused-ring (bicyclic) bond motifs is 6. The number of hydrogen-bond donors (Lipinski definition) is 1. The number of aromatic nitrogens is 1. The van der Waals surface area contributed by atoms with Crippen molar-refractivity contribution in [2.24, 2.45) is 0 Å². The highest BCUT2D eigenvalue weighted by molar-refractivity contribution is 7.80. The number of carbonyl (C=O) groups excluding carboxylic acids is 2. The fourth-order valence-corrected chi connectivity index (χ4v) is 5.67. The van der Waals surface area contributed by atoms with Crippen LogP contribution in [0.4, 0.5) is 25.0 Å². The fourth-order valence-electron chi connectivity index (χ4n) is 5.35. The quantitative estimate of drug-likeness (QED) is 0.435. The maximum Gasteiger partial charge on any atom is 0.332 e. The third-order valence-corrected chi connectivity index (χ3v) is 7.18. The molecule has 11 heteroatoms. The first-order chi connectivity index (χ1) is 16.9. The number of halogens is 2. The molecule has 4 heterocycles. The van der Waals surface area contributed by atoms with Gasteiger partial charge in [0.25, 0.3) is 5.91 Å². The highest BCUT2D eigenvalue weighted by Gasteiger charge is 2.62. The minimum atomic E-state index is -0.791. The van der Waals surface area contributed by atoms with E-state index in [1.54, 1.807) is 34.1 Å². The first-order valence-electron chi connectivity index (χ1n) is 10.9. The molecule has 2 bridgehead atoms. The van der Waals surface area contributed by atoms with E-state index in [4.69, 9.17) is 12.2 Å². The van der Waals surface area contributed by atoms with Crippen molar-refractivity contribution < 1.29 is 18.4 Å². The van der Waals surface area contributed by atoms with Gasteiger partial charge in [-0.05, 0) is 30.8 Å². The SMILES string of the molecule is N#Cc1ncc(N2C(=O)C3C4CC(CN4C(=S)Nc4c(F)cccc4F)N3C2=O)c2ccccc12. The summed E-state index contributed by atoms with van der Waals surface area (Å²) in [6.45, 7) is 0.336. The first-order valence-corrected chi connectivity index (χ1v) is 11.3. The van der Waals surface area contributed by atoms with E-state index < -0.39 is 35.7 Å². The zero-order valence-electron chi connectivity index (χ0n) is 18.0. The Kier molecular flexibility index (Phi) is 4.69. The predicted octanol–water partition coefficient (Wildman–Crippen LogP) is 3.38. The van der Waals surface area contributed by atoms with Crippen molar-refractivity contribution in [1.82, 2.24) is 14.8 Å². The molecule has 6 rings (SSSR count).